The molecule has 2 aliphatic rings. The van der Waals surface area contributed by atoms with E-state index in [0.29, 0.717) is 24.5 Å². The van der Waals surface area contributed by atoms with Crippen LogP contribution >= 0.6 is 0 Å². The fraction of sp³-hybridized carbons (Fsp3) is 0.371. The second-order valence-electron chi connectivity index (χ2n) is 11.3. The largest absolute Gasteiger partial charge is 0.497 e. The number of aliphatic hydroxyl groups is 1. The maximum Gasteiger partial charge on any atom is 0.330 e. The summed E-state index contributed by atoms with van der Waals surface area (Å²) in [6, 6.07) is 26.2. The third-order valence-electron chi connectivity index (χ3n) is 8.52. The Morgan fingerprint density at radius 1 is 0.870 bits per heavy atom. The van der Waals surface area contributed by atoms with E-state index < -0.39 is 47.7 Å². The third-order valence-corrected chi connectivity index (χ3v) is 8.52. The molecule has 3 aromatic carbocycles. The van der Waals surface area contributed by atoms with Crippen LogP contribution in [0.25, 0.3) is 0 Å². The van der Waals surface area contributed by atoms with Crippen molar-refractivity contribution < 1.29 is 33.5 Å². The number of ether oxygens (including phenoxy) is 6. The summed E-state index contributed by atoms with van der Waals surface area (Å²) in [6.45, 7) is 0.446. The van der Waals surface area contributed by atoms with Gasteiger partial charge in [0.25, 0.3) is 5.56 Å². The number of nitrogens with one attached hydrogen (secondary N) is 1. The van der Waals surface area contributed by atoms with Crippen LogP contribution in [0.1, 0.15) is 42.2 Å². The van der Waals surface area contributed by atoms with Gasteiger partial charge in [0.05, 0.1) is 20.8 Å². The summed E-state index contributed by atoms with van der Waals surface area (Å²) >= 11 is 0. The maximum absolute atomic E-state index is 12.9. The van der Waals surface area contributed by atoms with Gasteiger partial charge in [0.2, 0.25) is 0 Å². The molecule has 242 valence electrons. The first-order valence-corrected chi connectivity index (χ1v) is 15.3. The van der Waals surface area contributed by atoms with Crippen LogP contribution in [0, 0.1) is 0 Å². The minimum Gasteiger partial charge on any atom is -0.497 e. The van der Waals surface area contributed by atoms with Gasteiger partial charge in [-0.3, -0.25) is 14.3 Å². The Labute approximate surface area is 266 Å². The molecular formula is C35H38N2O9. The Morgan fingerprint density at radius 2 is 1.50 bits per heavy atom. The fourth-order valence-electron chi connectivity index (χ4n) is 6.13. The van der Waals surface area contributed by atoms with Crippen LogP contribution in [-0.4, -0.2) is 66.7 Å². The molecule has 2 aliphatic heterocycles. The number of aromatic nitrogens is 2. The van der Waals surface area contributed by atoms with Crippen molar-refractivity contribution in [3.05, 3.63) is 129 Å². The molecule has 0 amide bonds. The molecule has 11 nitrogen and oxygen atoms in total. The Bertz CT molecular complexity index is 1630. The normalized spacial score (nSPS) is 23.2. The van der Waals surface area contributed by atoms with Crippen molar-refractivity contribution in [3.8, 4) is 11.5 Å². The van der Waals surface area contributed by atoms with E-state index in [-0.39, 0.29) is 6.61 Å². The number of methoxy groups -OCH3 is 2. The average Bonchev–Trinajstić information content (AvgIpc) is 3.40. The predicted octanol–water partition coefficient (Wildman–Crippen LogP) is 3.73. The summed E-state index contributed by atoms with van der Waals surface area (Å²) in [7, 11) is 3.22. The Balaban J connectivity index is 1.39. The zero-order valence-corrected chi connectivity index (χ0v) is 25.7. The standard InChI is InChI=1S/C35H38N2O9/c1-41-26-15-11-24(12-16-26)35(23-8-4-3-5-9-23,25-13-17-27(42-2)18-14-25)44-22-28-31(39)32(46-30-10-6-7-21-43-30)33(45-28)37-20-19-29(38)36-34(37)40/h3-5,8-9,11-20,28,30-33,39H,6-7,10,21-22H2,1-2H3,(H,36,38,40)/t28-,30-,31-,32+,33+/m0/s1. The number of nitrogens with zero attached hydrogens (tertiary/aromatic N) is 1. The van der Waals surface area contributed by atoms with E-state index >= 15 is 0 Å². The van der Waals surface area contributed by atoms with Crippen molar-refractivity contribution in [1.29, 1.82) is 0 Å². The number of benzene rings is 3. The summed E-state index contributed by atoms with van der Waals surface area (Å²) in [4.78, 5) is 27.0. The lowest BCUT2D eigenvalue weighted by Crippen LogP contribution is -2.43. The van der Waals surface area contributed by atoms with Crippen molar-refractivity contribution >= 4 is 0 Å². The first kappa shape index (κ1) is 31.7. The number of H-pyrrole nitrogens is 1. The van der Waals surface area contributed by atoms with Gasteiger partial charge in [-0.2, -0.15) is 0 Å². The molecule has 3 heterocycles. The van der Waals surface area contributed by atoms with E-state index in [0.717, 1.165) is 29.5 Å². The monoisotopic (exact) mass is 630 g/mol. The molecule has 2 saturated heterocycles. The zero-order chi connectivity index (χ0) is 32.1. The molecule has 11 heteroatoms. The van der Waals surface area contributed by atoms with Gasteiger partial charge in [-0.25, -0.2) is 4.79 Å². The highest BCUT2D eigenvalue weighted by molar-refractivity contribution is 5.49. The van der Waals surface area contributed by atoms with E-state index in [1.165, 1.54) is 16.8 Å². The topological polar surface area (TPSA) is 130 Å². The van der Waals surface area contributed by atoms with Gasteiger partial charge >= 0.3 is 5.69 Å². The van der Waals surface area contributed by atoms with Crippen molar-refractivity contribution in [3.63, 3.8) is 0 Å². The molecule has 0 bridgehead atoms. The molecular weight excluding hydrogens is 592 g/mol. The Morgan fingerprint density at radius 3 is 2.07 bits per heavy atom. The number of rotatable bonds is 11. The van der Waals surface area contributed by atoms with E-state index in [1.807, 2.05) is 78.9 Å². The smallest absolute Gasteiger partial charge is 0.330 e. The second kappa shape index (κ2) is 14.0. The van der Waals surface area contributed by atoms with E-state index in [4.69, 9.17) is 28.4 Å². The van der Waals surface area contributed by atoms with Crippen LogP contribution in [0.3, 0.4) is 0 Å². The van der Waals surface area contributed by atoms with Crippen molar-refractivity contribution in [1.82, 2.24) is 9.55 Å². The molecule has 4 aromatic rings. The Kier molecular flexibility index (Phi) is 9.67. The average molecular weight is 631 g/mol. The molecule has 46 heavy (non-hydrogen) atoms. The van der Waals surface area contributed by atoms with Gasteiger partial charge in [0.15, 0.2) is 12.5 Å². The van der Waals surface area contributed by atoms with Gasteiger partial charge in [-0.05, 0) is 60.2 Å². The maximum atomic E-state index is 12.9. The first-order chi connectivity index (χ1) is 22.4. The van der Waals surface area contributed by atoms with Gasteiger partial charge in [-0.1, -0.05) is 54.6 Å². The lowest BCUT2D eigenvalue weighted by Gasteiger charge is -2.37. The first-order valence-electron chi connectivity index (χ1n) is 15.3. The SMILES string of the molecule is COc1ccc(C(OC[C@@H]2O[C@@H](n3ccc(=O)[nH]c3=O)[C@H](O[C@H]3CCCCO3)[C@H]2O)(c2ccccc2)c2ccc(OC)cc2)cc1. The van der Waals surface area contributed by atoms with E-state index in [2.05, 4.69) is 4.98 Å². The van der Waals surface area contributed by atoms with E-state index in [1.54, 1.807) is 14.2 Å². The zero-order valence-electron chi connectivity index (χ0n) is 25.7. The van der Waals surface area contributed by atoms with Crippen molar-refractivity contribution in [2.45, 2.75) is 55.7 Å². The molecule has 0 spiro atoms. The summed E-state index contributed by atoms with van der Waals surface area (Å²) in [5, 5.41) is 11.7. The molecule has 2 fully saturated rings. The number of hydrogen-bond donors (Lipinski definition) is 2. The molecule has 0 aliphatic carbocycles. The fourth-order valence-corrected chi connectivity index (χ4v) is 6.13. The van der Waals surface area contributed by atoms with Crippen LogP contribution in [0.4, 0.5) is 0 Å². The highest BCUT2D eigenvalue weighted by Crippen LogP contribution is 2.43. The quantitative estimate of drug-likeness (QED) is 0.238. The molecule has 0 radical (unpaired) electrons. The summed E-state index contributed by atoms with van der Waals surface area (Å²) < 4.78 is 37.5. The van der Waals surface area contributed by atoms with Crippen molar-refractivity contribution in [2.24, 2.45) is 0 Å². The number of aromatic amines is 1. The molecule has 2 N–H and O–H groups in total. The summed E-state index contributed by atoms with van der Waals surface area (Å²) in [5.41, 5.74) is 0.0926. The molecule has 6 rings (SSSR count). The highest BCUT2D eigenvalue weighted by atomic mass is 16.7. The second-order valence-corrected chi connectivity index (χ2v) is 11.3. The van der Waals surface area contributed by atoms with E-state index in [9.17, 15) is 14.7 Å². The van der Waals surface area contributed by atoms with Gasteiger partial charge in [0.1, 0.15) is 35.4 Å². The summed E-state index contributed by atoms with van der Waals surface area (Å²) in [6.07, 6.45) is -0.910. The lowest BCUT2D eigenvalue weighted by atomic mass is 9.80. The number of hydrogen-bond acceptors (Lipinski definition) is 9. The molecule has 0 unspecified atom stereocenters. The minimum absolute atomic E-state index is 0.0892. The minimum atomic E-state index is -1.20. The predicted molar refractivity (Wildman–Crippen MR) is 168 cm³/mol. The molecule has 5 atom stereocenters. The van der Waals surface area contributed by atoms with Crippen LogP contribution in [0.5, 0.6) is 11.5 Å². The number of aliphatic hydroxyl groups excluding tert-OH is 1. The third kappa shape index (κ3) is 6.37. The van der Waals surface area contributed by atoms with Crippen LogP contribution in [-0.2, 0) is 24.5 Å². The molecule has 0 saturated carbocycles. The van der Waals surface area contributed by atoms with Crippen LogP contribution in [0.15, 0.2) is 101 Å². The molecule has 1 aromatic heterocycles. The van der Waals surface area contributed by atoms with Crippen molar-refractivity contribution in [2.75, 3.05) is 27.4 Å². The summed E-state index contributed by atoms with van der Waals surface area (Å²) in [5.74, 6) is 1.38. The Hall–Kier alpha value is -4.26. The van der Waals surface area contributed by atoms with Gasteiger partial charge < -0.3 is 33.5 Å². The lowest BCUT2D eigenvalue weighted by molar-refractivity contribution is -0.215. The van der Waals surface area contributed by atoms with Gasteiger partial charge in [-0.15, -0.1) is 0 Å². The van der Waals surface area contributed by atoms with Crippen LogP contribution in [0.2, 0.25) is 0 Å². The van der Waals surface area contributed by atoms with Crippen LogP contribution < -0.4 is 20.7 Å². The highest BCUT2D eigenvalue weighted by Gasteiger charge is 2.49. The van der Waals surface area contributed by atoms with Gasteiger partial charge in [0, 0.05) is 18.9 Å².